The molecule has 0 unspecified atom stereocenters. The summed E-state index contributed by atoms with van der Waals surface area (Å²) in [7, 11) is 0. The molecule has 0 saturated carbocycles. The van der Waals surface area contributed by atoms with Gasteiger partial charge in [-0.3, -0.25) is 4.99 Å². The number of rotatable bonds is 6. The largest absolute Gasteiger partial charge is 0.456 e. The van der Waals surface area contributed by atoms with Gasteiger partial charge in [0, 0.05) is 28.6 Å². The van der Waals surface area contributed by atoms with E-state index in [2.05, 4.69) is 12.7 Å². The number of nitrogens with zero attached hydrogens (tertiary/aromatic N) is 1. The molecule has 27 heavy (non-hydrogen) atoms. The number of halogens is 1. The molecular formula is C24H22ClNO. The first-order chi connectivity index (χ1) is 13.2. The minimum atomic E-state index is 0.669. The van der Waals surface area contributed by atoms with Crippen molar-refractivity contribution < 1.29 is 4.42 Å². The second-order valence-electron chi connectivity index (χ2n) is 6.11. The van der Waals surface area contributed by atoms with Gasteiger partial charge in [0.05, 0.1) is 5.36 Å². The molecule has 136 valence electrons. The summed E-state index contributed by atoms with van der Waals surface area (Å²) in [6.07, 6.45) is 8.77. The minimum absolute atomic E-state index is 0.669. The van der Waals surface area contributed by atoms with Crippen LogP contribution in [-0.2, 0) is 0 Å². The van der Waals surface area contributed by atoms with Crippen molar-refractivity contribution in [3.05, 3.63) is 101 Å². The zero-order valence-electron chi connectivity index (χ0n) is 15.4. The maximum Gasteiger partial charge on any atom is 0.136 e. The van der Waals surface area contributed by atoms with Gasteiger partial charge in [-0.05, 0) is 37.1 Å². The van der Waals surface area contributed by atoms with Gasteiger partial charge in [0.25, 0.3) is 0 Å². The van der Waals surface area contributed by atoms with Crippen LogP contribution in [0.4, 0.5) is 0 Å². The Morgan fingerprint density at radius 3 is 2.70 bits per heavy atom. The predicted molar refractivity (Wildman–Crippen MR) is 115 cm³/mol. The molecule has 0 fully saturated rings. The van der Waals surface area contributed by atoms with Gasteiger partial charge < -0.3 is 4.42 Å². The molecule has 0 N–H and O–H groups in total. The summed E-state index contributed by atoms with van der Waals surface area (Å²) in [4.78, 5) is 4.84. The Morgan fingerprint density at radius 1 is 1.15 bits per heavy atom. The Hall–Kier alpha value is -2.84. The number of hydrogen-bond donors (Lipinski definition) is 0. The second-order valence-corrected chi connectivity index (χ2v) is 6.55. The summed E-state index contributed by atoms with van der Waals surface area (Å²) < 4.78 is 6.09. The third-order valence-electron chi connectivity index (χ3n) is 4.16. The van der Waals surface area contributed by atoms with E-state index in [0.29, 0.717) is 11.6 Å². The van der Waals surface area contributed by atoms with Crippen molar-refractivity contribution in [3.8, 4) is 11.3 Å². The molecule has 1 aromatic heterocycles. The average Bonchev–Trinajstić information content (AvgIpc) is 2.69. The Kier molecular flexibility index (Phi) is 6.45. The maximum atomic E-state index is 6.20. The van der Waals surface area contributed by atoms with Crippen molar-refractivity contribution in [2.24, 2.45) is 4.99 Å². The zero-order valence-corrected chi connectivity index (χ0v) is 16.1. The third kappa shape index (κ3) is 4.87. The van der Waals surface area contributed by atoms with Gasteiger partial charge in [-0.1, -0.05) is 72.8 Å². The van der Waals surface area contributed by atoms with Crippen LogP contribution < -0.4 is 5.36 Å². The fourth-order valence-electron chi connectivity index (χ4n) is 2.91. The molecule has 0 spiro atoms. The molecule has 0 aliphatic carbocycles. The predicted octanol–water partition coefficient (Wildman–Crippen LogP) is 6.73. The van der Waals surface area contributed by atoms with Crippen LogP contribution >= 0.6 is 11.6 Å². The molecule has 2 nitrogen and oxygen atoms in total. The number of benzene rings is 2. The average molecular weight is 376 g/mol. The number of allylic oxidation sites excluding steroid dienone is 4. The second kappa shape index (κ2) is 9.20. The molecule has 0 atom stereocenters. The highest BCUT2D eigenvalue weighted by Crippen LogP contribution is 2.23. The van der Waals surface area contributed by atoms with Crippen LogP contribution in [0, 0.1) is 0 Å². The van der Waals surface area contributed by atoms with Crippen molar-refractivity contribution in [1.82, 2.24) is 0 Å². The molecular weight excluding hydrogens is 354 g/mol. The highest BCUT2D eigenvalue weighted by Gasteiger charge is 2.06. The van der Waals surface area contributed by atoms with Gasteiger partial charge in [0.2, 0.25) is 0 Å². The summed E-state index contributed by atoms with van der Waals surface area (Å²) in [5.41, 5.74) is 2.99. The summed E-state index contributed by atoms with van der Waals surface area (Å²) >= 11 is 6.20. The fraction of sp³-hybridized carbons (Fsp3) is 0.125. The van der Waals surface area contributed by atoms with Gasteiger partial charge >= 0.3 is 0 Å². The van der Waals surface area contributed by atoms with Crippen molar-refractivity contribution in [2.45, 2.75) is 13.3 Å². The topological polar surface area (TPSA) is 25.5 Å². The van der Waals surface area contributed by atoms with E-state index in [0.717, 1.165) is 34.1 Å². The molecule has 0 saturated heterocycles. The summed E-state index contributed by atoms with van der Waals surface area (Å²) in [5, 5.41) is 2.47. The molecule has 0 radical (unpaired) electrons. The van der Waals surface area contributed by atoms with Gasteiger partial charge in [0.15, 0.2) is 0 Å². The normalized spacial score (nSPS) is 12.8. The molecule has 0 aliphatic heterocycles. The van der Waals surface area contributed by atoms with Crippen molar-refractivity contribution in [1.29, 1.82) is 0 Å². The highest BCUT2D eigenvalue weighted by atomic mass is 35.5. The van der Waals surface area contributed by atoms with Crippen LogP contribution in [0.3, 0.4) is 0 Å². The van der Waals surface area contributed by atoms with E-state index in [1.807, 2.05) is 73.7 Å². The van der Waals surface area contributed by atoms with Gasteiger partial charge in [-0.25, -0.2) is 0 Å². The number of fused-ring (bicyclic) bond motifs is 1. The molecule has 2 aromatic carbocycles. The smallest absolute Gasteiger partial charge is 0.136 e. The lowest BCUT2D eigenvalue weighted by atomic mass is 10.1. The molecule has 0 bridgehead atoms. The first-order valence-electron chi connectivity index (χ1n) is 8.95. The molecule has 0 amide bonds. The SMILES string of the molecule is C=CC=C(/C=C/C)CCN=c1cc(-c2ccccc2)oc2ccc(Cl)cc12. The zero-order chi connectivity index (χ0) is 19.1. The van der Waals surface area contributed by atoms with E-state index >= 15 is 0 Å². The van der Waals surface area contributed by atoms with E-state index in [1.54, 1.807) is 6.08 Å². The van der Waals surface area contributed by atoms with E-state index < -0.39 is 0 Å². The quantitative estimate of drug-likeness (QED) is 0.438. The maximum absolute atomic E-state index is 6.20. The lowest BCUT2D eigenvalue weighted by Crippen LogP contribution is -2.05. The fourth-order valence-corrected chi connectivity index (χ4v) is 3.08. The van der Waals surface area contributed by atoms with Crippen molar-refractivity contribution in [3.63, 3.8) is 0 Å². The highest BCUT2D eigenvalue weighted by molar-refractivity contribution is 6.31. The van der Waals surface area contributed by atoms with Crippen LogP contribution in [-0.4, -0.2) is 6.54 Å². The first-order valence-corrected chi connectivity index (χ1v) is 9.32. The lowest BCUT2D eigenvalue weighted by Gasteiger charge is -2.06. The Balaban J connectivity index is 2.05. The Labute approximate surface area is 164 Å². The van der Waals surface area contributed by atoms with Crippen LogP contribution in [0.1, 0.15) is 13.3 Å². The number of hydrogen-bond acceptors (Lipinski definition) is 2. The van der Waals surface area contributed by atoms with Crippen molar-refractivity contribution >= 4 is 22.6 Å². The Bertz CT molecular complexity index is 1060. The molecule has 0 aliphatic rings. The monoisotopic (exact) mass is 375 g/mol. The van der Waals surface area contributed by atoms with E-state index in [1.165, 1.54) is 5.57 Å². The summed E-state index contributed by atoms with van der Waals surface area (Å²) in [5.74, 6) is 0.791. The lowest BCUT2D eigenvalue weighted by molar-refractivity contribution is 0.618. The van der Waals surface area contributed by atoms with Crippen LogP contribution in [0.2, 0.25) is 5.02 Å². The molecule has 3 aromatic rings. The van der Waals surface area contributed by atoms with Crippen LogP contribution in [0.25, 0.3) is 22.3 Å². The van der Waals surface area contributed by atoms with Gasteiger partial charge in [-0.15, -0.1) is 0 Å². The van der Waals surface area contributed by atoms with Gasteiger partial charge in [-0.2, -0.15) is 0 Å². The minimum Gasteiger partial charge on any atom is -0.456 e. The molecule has 3 rings (SSSR count). The van der Waals surface area contributed by atoms with E-state index in [4.69, 9.17) is 21.0 Å². The molecule has 3 heteroatoms. The van der Waals surface area contributed by atoms with Crippen molar-refractivity contribution in [2.75, 3.05) is 6.54 Å². The first kappa shape index (κ1) is 18.9. The Morgan fingerprint density at radius 2 is 1.96 bits per heavy atom. The molecule has 1 heterocycles. The van der Waals surface area contributed by atoms with E-state index in [-0.39, 0.29) is 0 Å². The van der Waals surface area contributed by atoms with Gasteiger partial charge in [0.1, 0.15) is 11.3 Å². The standard InChI is InChI=1S/C24H22ClNO/c1-3-8-18(9-4-2)14-15-26-22-17-24(19-10-6-5-7-11-19)27-23-13-12-20(25)16-21(22)23/h3-13,16-17H,1,14-15H2,2H3/b9-4+,18-8?,26-22?. The van der Waals surface area contributed by atoms with Crippen LogP contribution in [0.5, 0.6) is 0 Å². The van der Waals surface area contributed by atoms with Crippen LogP contribution in [0.15, 0.2) is 100 Å². The third-order valence-corrected chi connectivity index (χ3v) is 4.39. The summed E-state index contributed by atoms with van der Waals surface area (Å²) in [6, 6.07) is 17.7. The van der Waals surface area contributed by atoms with E-state index in [9.17, 15) is 0 Å². The summed E-state index contributed by atoms with van der Waals surface area (Å²) in [6.45, 7) is 6.46.